The Morgan fingerprint density at radius 3 is 1.60 bits per heavy atom. The maximum atomic E-state index is 12.7. The molecule has 0 fully saturated rings. The lowest BCUT2D eigenvalue weighted by atomic mass is 9.92. The molecule has 0 aliphatic carbocycles. The maximum Gasteiger partial charge on any atom is 0.238 e. The van der Waals surface area contributed by atoms with Crippen molar-refractivity contribution in [1.29, 1.82) is 0 Å². The molecule has 0 heterocycles. The van der Waals surface area contributed by atoms with Crippen LogP contribution in [-0.4, -0.2) is 36.9 Å². The summed E-state index contributed by atoms with van der Waals surface area (Å²) in [6.07, 6.45) is 0. The van der Waals surface area contributed by atoms with Gasteiger partial charge in [0.1, 0.15) is 0 Å². The van der Waals surface area contributed by atoms with Crippen molar-refractivity contribution in [1.82, 2.24) is 4.90 Å². The number of nitrogens with one attached hydrogen (secondary N) is 2. The second kappa shape index (κ2) is 10.4. The molecule has 2 aromatic rings. The van der Waals surface area contributed by atoms with Gasteiger partial charge in [-0.15, -0.1) is 0 Å². The lowest BCUT2D eigenvalue weighted by Crippen LogP contribution is -2.36. The van der Waals surface area contributed by atoms with Crippen LogP contribution in [0.2, 0.25) is 0 Å². The van der Waals surface area contributed by atoms with E-state index < -0.39 is 0 Å². The lowest BCUT2D eigenvalue weighted by molar-refractivity contribution is -0.119. The Morgan fingerprint density at radius 2 is 1.17 bits per heavy atom. The molecule has 0 saturated carbocycles. The fourth-order valence-electron chi connectivity index (χ4n) is 3.61. The topological polar surface area (TPSA) is 61.4 Å². The summed E-state index contributed by atoms with van der Waals surface area (Å²) >= 11 is 0. The van der Waals surface area contributed by atoms with Gasteiger partial charge in [0.05, 0.1) is 13.1 Å². The number of amides is 2. The SMILES string of the molecule is Cc1cccc(C)c1NC(=O)CN(C)CC(=O)Nc1c(C(C)C)cccc1C(C)C. The van der Waals surface area contributed by atoms with Gasteiger partial charge in [0.2, 0.25) is 11.8 Å². The molecule has 0 atom stereocenters. The Hall–Kier alpha value is -2.66. The number of likely N-dealkylation sites (N-methyl/N-ethyl adjacent to an activating group) is 1. The largest absolute Gasteiger partial charge is 0.324 e. The van der Waals surface area contributed by atoms with Gasteiger partial charge in [-0.3, -0.25) is 14.5 Å². The highest BCUT2D eigenvalue weighted by Gasteiger charge is 2.18. The third kappa shape index (κ3) is 6.17. The first-order chi connectivity index (χ1) is 14.1. The number of rotatable bonds is 8. The zero-order valence-corrected chi connectivity index (χ0v) is 19.3. The first kappa shape index (κ1) is 23.6. The zero-order valence-electron chi connectivity index (χ0n) is 19.3. The monoisotopic (exact) mass is 409 g/mol. The molecule has 0 saturated heterocycles. The van der Waals surface area contributed by atoms with Crippen molar-refractivity contribution in [3.63, 3.8) is 0 Å². The molecule has 162 valence electrons. The van der Waals surface area contributed by atoms with Crippen LogP contribution in [-0.2, 0) is 9.59 Å². The second-order valence-electron chi connectivity index (χ2n) is 8.66. The summed E-state index contributed by atoms with van der Waals surface area (Å²) in [5.74, 6) is 0.361. The Labute approximate surface area is 180 Å². The van der Waals surface area contributed by atoms with Gasteiger partial charge in [-0.1, -0.05) is 64.1 Å². The molecule has 30 heavy (non-hydrogen) atoms. The lowest BCUT2D eigenvalue weighted by Gasteiger charge is -2.22. The summed E-state index contributed by atoms with van der Waals surface area (Å²) in [7, 11) is 1.78. The predicted octanol–water partition coefficient (Wildman–Crippen LogP) is 5.06. The average Bonchev–Trinajstić information content (AvgIpc) is 2.64. The van der Waals surface area contributed by atoms with Gasteiger partial charge in [-0.25, -0.2) is 0 Å². The molecule has 2 aromatic carbocycles. The van der Waals surface area contributed by atoms with Crippen LogP contribution < -0.4 is 10.6 Å². The molecule has 0 aliphatic heterocycles. The zero-order chi connectivity index (χ0) is 22.4. The van der Waals surface area contributed by atoms with E-state index in [2.05, 4.69) is 50.5 Å². The van der Waals surface area contributed by atoms with E-state index >= 15 is 0 Å². The Bertz CT molecular complexity index is 857. The molecule has 0 bridgehead atoms. The minimum absolute atomic E-state index is 0.118. The third-order valence-corrected chi connectivity index (χ3v) is 5.21. The summed E-state index contributed by atoms with van der Waals surface area (Å²) in [5, 5.41) is 6.07. The Balaban J connectivity index is 2.02. The summed E-state index contributed by atoms with van der Waals surface area (Å²) in [6.45, 7) is 12.7. The minimum atomic E-state index is -0.131. The van der Waals surface area contributed by atoms with Crippen LogP contribution in [0.25, 0.3) is 0 Å². The van der Waals surface area contributed by atoms with Crippen molar-refractivity contribution in [2.24, 2.45) is 0 Å². The molecule has 0 aliphatic rings. The molecule has 0 spiro atoms. The highest BCUT2D eigenvalue weighted by atomic mass is 16.2. The molecule has 5 nitrogen and oxygen atoms in total. The Kier molecular flexibility index (Phi) is 8.18. The molecular formula is C25H35N3O2. The summed E-state index contributed by atoms with van der Waals surface area (Å²) in [4.78, 5) is 26.9. The molecular weight excluding hydrogens is 374 g/mol. The fourth-order valence-corrected chi connectivity index (χ4v) is 3.61. The standard InChI is InChI=1S/C25H35N3O2/c1-16(2)20-12-9-13-21(17(3)4)25(20)27-23(30)15-28(7)14-22(29)26-24-18(5)10-8-11-19(24)6/h8-13,16-17H,14-15H2,1-7H3,(H,26,29)(H,27,30). The molecule has 0 aromatic heterocycles. The van der Waals surface area contributed by atoms with E-state index in [1.807, 2.05) is 38.1 Å². The van der Waals surface area contributed by atoms with Crippen LogP contribution in [0.3, 0.4) is 0 Å². The van der Waals surface area contributed by atoms with E-state index in [0.29, 0.717) is 11.8 Å². The number of nitrogens with zero attached hydrogens (tertiary/aromatic N) is 1. The smallest absolute Gasteiger partial charge is 0.238 e. The van der Waals surface area contributed by atoms with Crippen LogP contribution in [0.5, 0.6) is 0 Å². The molecule has 2 amide bonds. The molecule has 2 N–H and O–H groups in total. The van der Waals surface area contributed by atoms with Crippen molar-refractivity contribution in [2.45, 2.75) is 53.4 Å². The number of anilines is 2. The van der Waals surface area contributed by atoms with E-state index in [9.17, 15) is 9.59 Å². The van der Waals surface area contributed by atoms with Crippen LogP contribution >= 0.6 is 0 Å². The minimum Gasteiger partial charge on any atom is -0.324 e. The van der Waals surface area contributed by atoms with Crippen molar-refractivity contribution in [3.05, 3.63) is 58.7 Å². The van der Waals surface area contributed by atoms with E-state index in [0.717, 1.165) is 33.6 Å². The Morgan fingerprint density at radius 1 is 0.767 bits per heavy atom. The number of aryl methyl sites for hydroxylation is 2. The number of hydrogen-bond donors (Lipinski definition) is 2. The van der Waals surface area contributed by atoms with Gasteiger partial charge in [0, 0.05) is 11.4 Å². The quantitative estimate of drug-likeness (QED) is 0.641. The molecule has 0 radical (unpaired) electrons. The number of carbonyl (C=O) groups excluding carboxylic acids is 2. The van der Waals surface area contributed by atoms with Crippen LogP contribution in [0, 0.1) is 13.8 Å². The van der Waals surface area contributed by atoms with Crippen molar-refractivity contribution >= 4 is 23.2 Å². The summed E-state index contributed by atoms with van der Waals surface area (Å²) < 4.78 is 0. The molecule has 0 unspecified atom stereocenters. The number of carbonyl (C=O) groups is 2. The van der Waals surface area contributed by atoms with E-state index in [4.69, 9.17) is 0 Å². The van der Waals surface area contributed by atoms with E-state index in [1.165, 1.54) is 0 Å². The van der Waals surface area contributed by atoms with E-state index in [-0.39, 0.29) is 24.9 Å². The highest BCUT2D eigenvalue weighted by Crippen LogP contribution is 2.32. The van der Waals surface area contributed by atoms with E-state index in [1.54, 1.807) is 11.9 Å². The number of hydrogen-bond acceptors (Lipinski definition) is 3. The van der Waals surface area contributed by atoms with Gasteiger partial charge in [0.15, 0.2) is 0 Å². The normalized spacial score (nSPS) is 11.3. The highest BCUT2D eigenvalue weighted by molar-refractivity contribution is 5.96. The van der Waals surface area contributed by atoms with Crippen molar-refractivity contribution < 1.29 is 9.59 Å². The number of benzene rings is 2. The molecule has 2 rings (SSSR count). The first-order valence-corrected chi connectivity index (χ1v) is 10.6. The fraction of sp³-hybridized carbons (Fsp3) is 0.440. The van der Waals surface area contributed by atoms with Gasteiger partial charge in [0.25, 0.3) is 0 Å². The van der Waals surface area contributed by atoms with Crippen LogP contribution in [0.15, 0.2) is 36.4 Å². The van der Waals surface area contributed by atoms with Crippen molar-refractivity contribution in [2.75, 3.05) is 30.8 Å². The van der Waals surface area contributed by atoms with Gasteiger partial charge >= 0.3 is 0 Å². The summed E-state index contributed by atoms with van der Waals surface area (Å²) in [6, 6.07) is 12.1. The van der Waals surface area contributed by atoms with Gasteiger partial charge in [-0.05, 0) is 55.0 Å². The first-order valence-electron chi connectivity index (χ1n) is 10.6. The average molecular weight is 410 g/mol. The third-order valence-electron chi connectivity index (χ3n) is 5.21. The van der Waals surface area contributed by atoms with Crippen LogP contribution in [0.4, 0.5) is 11.4 Å². The number of para-hydroxylation sites is 2. The van der Waals surface area contributed by atoms with Gasteiger partial charge < -0.3 is 10.6 Å². The van der Waals surface area contributed by atoms with Crippen LogP contribution in [0.1, 0.15) is 61.8 Å². The second-order valence-corrected chi connectivity index (χ2v) is 8.66. The van der Waals surface area contributed by atoms with Crippen molar-refractivity contribution in [3.8, 4) is 0 Å². The summed E-state index contributed by atoms with van der Waals surface area (Å²) in [5.41, 5.74) is 6.05. The predicted molar refractivity (Wildman–Crippen MR) is 125 cm³/mol. The maximum absolute atomic E-state index is 12.7. The molecule has 5 heteroatoms. The van der Waals surface area contributed by atoms with Gasteiger partial charge in [-0.2, -0.15) is 0 Å².